The van der Waals surface area contributed by atoms with Crippen molar-refractivity contribution in [3.05, 3.63) is 30.6 Å². The zero-order valence-corrected chi connectivity index (χ0v) is 11.5. The van der Waals surface area contributed by atoms with Crippen LogP contribution in [0.5, 0.6) is 0 Å². The Morgan fingerprint density at radius 1 is 1.30 bits per heavy atom. The Balaban J connectivity index is 1.70. The zero-order chi connectivity index (χ0) is 13.5. The average molecular weight is 267 g/mol. The Hall–Kier alpha value is -2.17. The first-order chi connectivity index (χ1) is 9.81. The number of hydrogen-bond acceptors (Lipinski definition) is 3. The first-order valence-electron chi connectivity index (χ1n) is 7.16. The predicted octanol–water partition coefficient (Wildman–Crippen LogP) is 3.18. The molecule has 0 amide bonds. The molecule has 2 atom stereocenters. The van der Waals surface area contributed by atoms with E-state index in [1.54, 1.807) is 0 Å². The fourth-order valence-corrected chi connectivity index (χ4v) is 3.19. The number of fused-ring (bicyclic) bond motifs is 1. The van der Waals surface area contributed by atoms with Crippen LogP contribution in [0.25, 0.3) is 22.2 Å². The van der Waals surface area contributed by atoms with Crippen LogP contribution in [0.2, 0.25) is 0 Å². The van der Waals surface area contributed by atoms with Gasteiger partial charge in [-0.05, 0) is 24.8 Å². The van der Waals surface area contributed by atoms with Gasteiger partial charge in [-0.2, -0.15) is 5.10 Å². The molecule has 1 fully saturated rings. The minimum absolute atomic E-state index is 0.507. The third kappa shape index (κ3) is 1.81. The maximum absolute atomic E-state index is 4.34. The fourth-order valence-electron chi connectivity index (χ4n) is 3.19. The van der Waals surface area contributed by atoms with Crippen LogP contribution in [-0.4, -0.2) is 25.2 Å². The molecule has 0 bridgehead atoms. The summed E-state index contributed by atoms with van der Waals surface area (Å²) in [6.45, 7) is 2.30. The van der Waals surface area contributed by atoms with Gasteiger partial charge >= 0.3 is 0 Å². The summed E-state index contributed by atoms with van der Waals surface area (Å²) in [5.74, 6) is 0.694. The number of nitrogens with one attached hydrogen (secondary N) is 1. The zero-order valence-electron chi connectivity index (χ0n) is 11.5. The van der Waals surface area contributed by atoms with E-state index >= 15 is 0 Å². The number of nitrogens with zero attached hydrogens (tertiary/aromatic N) is 4. The summed E-state index contributed by atoms with van der Waals surface area (Å²) < 4.78 is 2.05. The summed E-state index contributed by atoms with van der Waals surface area (Å²) in [6.07, 6.45) is 7.70. The van der Waals surface area contributed by atoms with E-state index in [1.165, 1.54) is 19.3 Å². The van der Waals surface area contributed by atoms with E-state index in [0.717, 1.165) is 22.2 Å². The van der Waals surface area contributed by atoms with Gasteiger partial charge in [0.15, 0.2) is 0 Å². The monoisotopic (exact) mass is 267 g/mol. The predicted molar refractivity (Wildman–Crippen MR) is 77.2 cm³/mol. The van der Waals surface area contributed by atoms with Crippen molar-refractivity contribution in [3.8, 4) is 11.3 Å². The topological polar surface area (TPSA) is 59.4 Å². The van der Waals surface area contributed by atoms with Crippen molar-refractivity contribution in [1.29, 1.82) is 0 Å². The maximum atomic E-state index is 4.34. The van der Waals surface area contributed by atoms with Gasteiger partial charge in [-0.15, -0.1) is 5.10 Å². The molecule has 2 unspecified atom stereocenters. The quantitative estimate of drug-likeness (QED) is 0.775. The normalized spacial score (nSPS) is 22.6. The highest BCUT2D eigenvalue weighted by atomic mass is 15.4. The minimum atomic E-state index is 0.507. The molecule has 0 radical (unpaired) electrons. The van der Waals surface area contributed by atoms with Gasteiger partial charge in [0.05, 0.1) is 24.0 Å². The van der Waals surface area contributed by atoms with Crippen LogP contribution < -0.4 is 0 Å². The van der Waals surface area contributed by atoms with Crippen molar-refractivity contribution in [2.75, 3.05) is 0 Å². The van der Waals surface area contributed by atoms with Crippen LogP contribution in [0.3, 0.4) is 0 Å². The number of benzene rings is 1. The minimum Gasteiger partial charge on any atom is -0.278 e. The summed E-state index contributed by atoms with van der Waals surface area (Å²) in [4.78, 5) is 0. The van der Waals surface area contributed by atoms with Crippen molar-refractivity contribution in [1.82, 2.24) is 25.2 Å². The number of hydrogen-bond donors (Lipinski definition) is 1. The van der Waals surface area contributed by atoms with Gasteiger partial charge in [-0.3, -0.25) is 5.10 Å². The molecule has 5 nitrogen and oxygen atoms in total. The van der Waals surface area contributed by atoms with Crippen molar-refractivity contribution in [3.63, 3.8) is 0 Å². The molecule has 2 aromatic heterocycles. The van der Waals surface area contributed by atoms with Crippen molar-refractivity contribution in [2.24, 2.45) is 5.92 Å². The number of H-pyrrole nitrogens is 1. The SMILES string of the molecule is CC1CCCC1n1cc(-c2ccc3cn[nH]c3c2)nn1. The lowest BCUT2D eigenvalue weighted by Crippen LogP contribution is -2.12. The van der Waals surface area contributed by atoms with Crippen LogP contribution in [0, 0.1) is 5.92 Å². The summed E-state index contributed by atoms with van der Waals surface area (Å²) in [7, 11) is 0. The van der Waals surface area contributed by atoms with E-state index in [1.807, 2.05) is 10.9 Å². The number of rotatable bonds is 2. The summed E-state index contributed by atoms with van der Waals surface area (Å²) in [5, 5.41) is 16.8. The molecule has 0 saturated heterocycles. The second-order valence-corrected chi connectivity index (χ2v) is 5.73. The number of aromatic nitrogens is 5. The largest absolute Gasteiger partial charge is 0.278 e. The number of aromatic amines is 1. The van der Waals surface area contributed by atoms with E-state index in [0.29, 0.717) is 12.0 Å². The molecule has 102 valence electrons. The third-order valence-electron chi connectivity index (χ3n) is 4.40. The molecule has 1 N–H and O–H groups in total. The molecule has 0 spiro atoms. The molecule has 1 aliphatic rings. The summed E-state index contributed by atoms with van der Waals surface area (Å²) >= 11 is 0. The van der Waals surface area contributed by atoms with E-state index in [9.17, 15) is 0 Å². The Bertz CT molecular complexity index is 741. The van der Waals surface area contributed by atoms with Crippen LogP contribution in [0.15, 0.2) is 30.6 Å². The molecule has 0 aliphatic heterocycles. The van der Waals surface area contributed by atoms with Crippen molar-refractivity contribution in [2.45, 2.75) is 32.2 Å². The van der Waals surface area contributed by atoms with Gasteiger partial charge in [-0.1, -0.05) is 30.7 Å². The van der Waals surface area contributed by atoms with E-state index in [-0.39, 0.29) is 0 Å². The molecule has 3 aromatic rings. The highest BCUT2D eigenvalue weighted by Gasteiger charge is 2.26. The van der Waals surface area contributed by atoms with Crippen molar-refractivity contribution >= 4 is 10.9 Å². The Labute approximate surface area is 117 Å². The average Bonchev–Trinajstić information content (AvgIpc) is 3.17. The third-order valence-corrected chi connectivity index (χ3v) is 4.40. The van der Waals surface area contributed by atoms with E-state index in [4.69, 9.17) is 0 Å². The Kier molecular flexibility index (Phi) is 2.58. The summed E-state index contributed by atoms with van der Waals surface area (Å²) in [6, 6.07) is 6.72. The van der Waals surface area contributed by atoms with Gasteiger partial charge in [0.25, 0.3) is 0 Å². The first-order valence-corrected chi connectivity index (χ1v) is 7.16. The second-order valence-electron chi connectivity index (χ2n) is 5.73. The van der Waals surface area contributed by atoms with Crippen LogP contribution in [0.4, 0.5) is 0 Å². The lowest BCUT2D eigenvalue weighted by Gasteiger charge is -2.14. The molecule has 1 aliphatic carbocycles. The van der Waals surface area contributed by atoms with Gasteiger partial charge in [0.1, 0.15) is 5.69 Å². The molecule has 20 heavy (non-hydrogen) atoms. The van der Waals surface area contributed by atoms with E-state index < -0.39 is 0 Å². The van der Waals surface area contributed by atoms with Crippen LogP contribution >= 0.6 is 0 Å². The molecule has 2 heterocycles. The van der Waals surface area contributed by atoms with Gasteiger partial charge in [0, 0.05) is 10.9 Å². The Morgan fingerprint density at radius 2 is 2.25 bits per heavy atom. The lowest BCUT2D eigenvalue weighted by molar-refractivity contribution is 0.367. The molecule has 4 rings (SSSR count). The maximum Gasteiger partial charge on any atom is 0.113 e. The van der Waals surface area contributed by atoms with E-state index in [2.05, 4.69) is 51.8 Å². The molecule has 1 saturated carbocycles. The standard InChI is InChI=1S/C15H17N5/c1-10-3-2-4-15(10)20-9-14(18-19-20)11-5-6-12-8-16-17-13(12)7-11/h5-10,15H,2-4H2,1H3,(H,16,17). The highest BCUT2D eigenvalue weighted by molar-refractivity contribution is 5.82. The molecular weight excluding hydrogens is 250 g/mol. The van der Waals surface area contributed by atoms with Gasteiger partial charge in [0.2, 0.25) is 0 Å². The summed E-state index contributed by atoms with van der Waals surface area (Å²) in [5.41, 5.74) is 3.05. The molecule has 1 aromatic carbocycles. The first kappa shape index (κ1) is 11.6. The van der Waals surface area contributed by atoms with Crippen molar-refractivity contribution < 1.29 is 0 Å². The van der Waals surface area contributed by atoms with Gasteiger partial charge < -0.3 is 0 Å². The molecular formula is C15H17N5. The van der Waals surface area contributed by atoms with Gasteiger partial charge in [-0.25, -0.2) is 4.68 Å². The van der Waals surface area contributed by atoms with Crippen LogP contribution in [-0.2, 0) is 0 Å². The smallest absolute Gasteiger partial charge is 0.113 e. The van der Waals surface area contributed by atoms with Crippen LogP contribution in [0.1, 0.15) is 32.2 Å². The molecule has 5 heteroatoms. The Morgan fingerprint density at radius 3 is 3.10 bits per heavy atom. The second kappa shape index (κ2) is 4.44. The fraction of sp³-hybridized carbons (Fsp3) is 0.400. The lowest BCUT2D eigenvalue weighted by atomic mass is 10.1. The highest BCUT2D eigenvalue weighted by Crippen LogP contribution is 2.35.